The Morgan fingerprint density at radius 1 is 1.29 bits per heavy atom. The molecule has 1 aromatic heterocycles. The van der Waals surface area contributed by atoms with Gasteiger partial charge in [0.25, 0.3) is 0 Å². The zero-order valence-electron chi connectivity index (χ0n) is 10.6. The van der Waals surface area contributed by atoms with Crippen molar-refractivity contribution in [2.24, 2.45) is 23.5 Å². The molecule has 3 atom stereocenters. The van der Waals surface area contributed by atoms with Crippen LogP contribution in [0.1, 0.15) is 44.7 Å². The molecule has 0 saturated heterocycles. The van der Waals surface area contributed by atoms with Gasteiger partial charge in [0, 0.05) is 18.4 Å². The summed E-state index contributed by atoms with van der Waals surface area (Å²) in [5.74, 6) is 2.10. The van der Waals surface area contributed by atoms with Gasteiger partial charge in [-0.25, -0.2) is 0 Å². The van der Waals surface area contributed by atoms with E-state index in [4.69, 9.17) is 17.3 Å². The van der Waals surface area contributed by atoms with Crippen LogP contribution in [0.2, 0.25) is 5.02 Å². The normalized spacial score (nSPS) is 31.2. The molecule has 3 heteroatoms. The highest BCUT2D eigenvalue weighted by atomic mass is 35.5. The SMILES string of the molecule is CC1CC(C)CC(C(N)c2ccncc2Cl)C1. The van der Waals surface area contributed by atoms with E-state index in [2.05, 4.69) is 18.8 Å². The Labute approximate surface area is 109 Å². The lowest BCUT2D eigenvalue weighted by Crippen LogP contribution is -2.29. The fraction of sp³-hybridized carbons (Fsp3) is 0.643. The van der Waals surface area contributed by atoms with Crippen molar-refractivity contribution < 1.29 is 0 Å². The van der Waals surface area contributed by atoms with E-state index >= 15 is 0 Å². The Kier molecular flexibility index (Phi) is 4.05. The van der Waals surface area contributed by atoms with Crippen LogP contribution in [-0.4, -0.2) is 4.98 Å². The van der Waals surface area contributed by atoms with E-state index < -0.39 is 0 Å². The highest BCUT2D eigenvalue weighted by molar-refractivity contribution is 6.31. The van der Waals surface area contributed by atoms with Gasteiger partial charge in [0.15, 0.2) is 0 Å². The predicted octanol–water partition coefficient (Wildman–Crippen LogP) is 3.81. The second-order valence-electron chi connectivity index (χ2n) is 5.60. The van der Waals surface area contributed by atoms with E-state index in [-0.39, 0.29) is 6.04 Å². The molecule has 1 aliphatic rings. The van der Waals surface area contributed by atoms with E-state index in [0.29, 0.717) is 10.9 Å². The van der Waals surface area contributed by atoms with E-state index in [1.165, 1.54) is 19.3 Å². The Hall–Kier alpha value is -0.600. The molecule has 1 aliphatic carbocycles. The van der Waals surface area contributed by atoms with Crippen LogP contribution in [0.3, 0.4) is 0 Å². The molecule has 2 N–H and O–H groups in total. The summed E-state index contributed by atoms with van der Waals surface area (Å²) in [6, 6.07) is 2.01. The van der Waals surface area contributed by atoms with Crippen molar-refractivity contribution >= 4 is 11.6 Å². The van der Waals surface area contributed by atoms with Gasteiger partial charge >= 0.3 is 0 Å². The molecule has 3 unspecified atom stereocenters. The Balaban J connectivity index is 2.14. The average molecular weight is 253 g/mol. The molecular weight excluding hydrogens is 232 g/mol. The van der Waals surface area contributed by atoms with Crippen molar-refractivity contribution in [3.63, 3.8) is 0 Å². The first-order valence-electron chi connectivity index (χ1n) is 6.43. The molecule has 0 radical (unpaired) electrons. The summed E-state index contributed by atoms with van der Waals surface area (Å²) in [6.07, 6.45) is 7.21. The van der Waals surface area contributed by atoms with Crippen molar-refractivity contribution in [2.45, 2.75) is 39.2 Å². The topological polar surface area (TPSA) is 38.9 Å². The summed E-state index contributed by atoms with van der Waals surface area (Å²) in [5, 5.41) is 0.700. The zero-order valence-corrected chi connectivity index (χ0v) is 11.3. The molecule has 0 amide bonds. The van der Waals surface area contributed by atoms with Crippen LogP contribution in [0.5, 0.6) is 0 Å². The van der Waals surface area contributed by atoms with Crippen molar-refractivity contribution in [3.8, 4) is 0 Å². The summed E-state index contributed by atoms with van der Waals surface area (Å²) in [5.41, 5.74) is 7.43. The molecular formula is C14H21ClN2. The number of pyridine rings is 1. The van der Waals surface area contributed by atoms with Crippen molar-refractivity contribution in [1.82, 2.24) is 4.98 Å². The Morgan fingerprint density at radius 2 is 1.94 bits per heavy atom. The van der Waals surface area contributed by atoms with Crippen molar-refractivity contribution in [2.75, 3.05) is 0 Å². The van der Waals surface area contributed by atoms with Crippen LogP contribution >= 0.6 is 11.6 Å². The van der Waals surface area contributed by atoms with Crippen LogP contribution in [0.25, 0.3) is 0 Å². The molecule has 0 aromatic carbocycles. The van der Waals surface area contributed by atoms with Gasteiger partial charge in [0.1, 0.15) is 0 Å². The molecule has 1 aromatic rings. The molecule has 0 spiro atoms. The number of hydrogen-bond acceptors (Lipinski definition) is 2. The van der Waals surface area contributed by atoms with Gasteiger partial charge in [-0.15, -0.1) is 0 Å². The van der Waals surface area contributed by atoms with Crippen LogP contribution in [0, 0.1) is 17.8 Å². The lowest BCUT2D eigenvalue weighted by atomic mass is 9.73. The maximum Gasteiger partial charge on any atom is 0.0637 e. The van der Waals surface area contributed by atoms with Gasteiger partial charge in [-0.3, -0.25) is 4.98 Å². The first kappa shape index (κ1) is 12.8. The summed E-state index contributed by atoms with van der Waals surface area (Å²) in [6.45, 7) is 4.65. The molecule has 2 rings (SSSR count). The smallest absolute Gasteiger partial charge is 0.0637 e. The number of rotatable bonds is 2. The van der Waals surface area contributed by atoms with Crippen molar-refractivity contribution in [3.05, 3.63) is 29.0 Å². The van der Waals surface area contributed by atoms with Crippen molar-refractivity contribution in [1.29, 1.82) is 0 Å². The predicted molar refractivity (Wildman–Crippen MR) is 71.8 cm³/mol. The summed E-state index contributed by atoms with van der Waals surface area (Å²) < 4.78 is 0. The van der Waals surface area contributed by atoms with Gasteiger partial charge in [0.2, 0.25) is 0 Å². The summed E-state index contributed by atoms with van der Waals surface area (Å²) >= 11 is 6.17. The zero-order chi connectivity index (χ0) is 12.4. The fourth-order valence-electron chi connectivity index (χ4n) is 3.21. The fourth-order valence-corrected chi connectivity index (χ4v) is 3.46. The van der Waals surface area contributed by atoms with Gasteiger partial charge in [0.05, 0.1) is 5.02 Å². The van der Waals surface area contributed by atoms with Gasteiger partial charge in [-0.2, -0.15) is 0 Å². The third-order valence-electron chi connectivity index (χ3n) is 3.89. The molecule has 1 saturated carbocycles. The minimum absolute atomic E-state index is 0.0516. The minimum Gasteiger partial charge on any atom is -0.324 e. The Bertz CT molecular complexity index is 370. The van der Waals surface area contributed by atoms with Gasteiger partial charge < -0.3 is 5.73 Å². The van der Waals surface area contributed by atoms with Crippen LogP contribution in [-0.2, 0) is 0 Å². The van der Waals surface area contributed by atoms with Gasteiger partial charge in [-0.1, -0.05) is 25.4 Å². The largest absolute Gasteiger partial charge is 0.324 e. The van der Waals surface area contributed by atoms with E-state index in [1.54, 1.807) is 12.4 Å². The number of hydrogen-bond donors (Lipinski definition) is 1. The van der Waals surface area contributed by atoms with Crippen LogP contribution in [0.15, 0.2) is 18.5 Å². The molecule has 1 fully saturated rings. The third kappa shape index (κ3) is 2.99. The molecule has 94 valence electrons. The first-order chi connectivity index (χ1) is 8.08. The monoisotopic (exact) mass is 252 g/mol. The molecule has 0 bridgehead atoms. The lowest BCUT2D eigenvalue weighted by Gasteiger charge is -2.35. The first-order valence-corrected chi connectivity index (χ1v) is 6.80. The van der Waals surface area contributed by atoms with Gasteiger partial charge in [-0.05, 0) is 48.6 Å². The lowest BCUT2D eigenvalue weighted by molar-refractivity contribution is 0.193. The Morgan fingerprint density at radius 3 is 2.53 bits per heavy atom. The number of nitrogens with two attached hydrogens (primary N) is 1. The highest BCUT2D eigenvalue weighted by Gasteiger charge is 2.29. The highest BCUT2D eigenvalue weighted by Crippen LogP contribution is 2.39. The maximum absolute atomic E-state index is 6.38. The molecule has 2 nitrogen and oxygen atoms in total. The number of halogens is 1. The van der Waals surface area contributed by atoms with Crippen LogP contribution < -0.4 is 5.73 Å². The average Bonchev–Trinajstić information content (AvgIpc) is 2.27. The molecule has 17 heavy (non-hydrogen) atoms. The van der Waals surface area contributed by atoms with Crippen LogP contribution in [0.4, 0.5) is 0 Å². The minimum atomic E-state index is 0.0516. The van der Waals surface area contributed by atoms with E-state index in [1.807, 2.05) is 6.07 Å². The molecule has 1 heterocycles. The number of aromatic nitrogens is 1. The second kappa shape index (κ2) is 5.36. The van der Waals surface area contributed by atoms with E-state index in [9.17, 15) is 0 Å². The second-order valence-corrected chi connectivity index (χ2v) is 6.01. The summed E-state index contributed by atoms with van der Waals surface area (Å²) in [4.78, 5) is 4.01. The third-order valence-corrected chi connectivity index (χ3v) is 4.20. The quantitative estimate of drug-likeness (QED) is 0.869. The van der Waals surface area contributed by atoms with E-state index in [0.717, 1.165) is 17.4 Å². The summed E-state index contributed by atoms with van der Waals surface area (Å²) in [7, 11) is 0. The molecule has 0 aliphatic heterocycles. The standard InChI is InChI=1S/C14H21ClN2/c1-9-5-10(2)7-11(6-9)14(16)12-3-4-17-8-13(12)15/h3-4,8-11,14H,5-7,16H2,1-2H3. The number of nitrogens with zero attached hydrogens (tertiary/aromatic N) is 1. The maximum atomic E-state index is 6.38.